The van der Waals surface area contributed by atoms with Gasteiger partial charge >= 0.3 is 0 Å². The summed E-state index contributed by atoms with van der Waals surface area (Å²) >= 11 is 5.92. The second-order valence-corrected chi connectivity index (χ2v) is 8.16. The summed E-state index contributed by atoms with van der Waals surface area (Å²) in [5.41, 5.74) is 2.44. The summed E-state index contributed by atoms with van der Waals surface area (Å²) in [5.74, 6) is 0.0672. The summed E-state index contributed by atoms with van der Waals surface area (Å²) in [4.78, 5) is 30.4. The molecule has 0 saturated heterocycles. The fraction of sp³-hybridized carbons (Fsp3) is 0.0800. The molecule has 174 valence electrons. The van der Waals surface area contributed by atoms with E-state index in [1.165, 1.54) is 18.6 Å². The Morgan fingerprint density at radius 1 is 0.971 bits per heavy atom. The third kappa shape index (κ3) is 4.06. The molecule has 8 nitrogen and oxygen atoms in total. The van der Waals surface area contributed by atoms with E-state index in [0.29, 0.717) is 39.2 Å². The number of fused-ring (bicyclic) bond motifs is 2. The van der Waals surface area contributed by atoms with Crippen molar-refractivity contribution >= 4 is 62.2 Å². The van der Waals surface area contributed by atoms with Crippen LogP contribution in [0.1, 0.15) is 15.9 Å². The van der Waals surface area contributed by atoms with E-state index < -0.39 is 5.82 Å². The molecular formula is C25H19ClFN7O. The maximum atomic E-state index is 14.5. The van der Waals surface area contributed by atoms with Gasteiger partial charge in [0.2, 0.25) is 0 Å². The minimum absolute atomic E-state index is 0.00738. The van der Waals surface area contributed by atoms with Crippen LogP contribution >= 0.6 is 11.6 Å². The molecule has 3 aromatic heterocycles. The van der Waals surface area contributed by atoms with Crippen LogP contribution in [-0.4, -0.2) is 32.9 Å². The molecule has 3 N–H and O–H groups in total. The number of benzene rings is 2. The lowest BCUT2D eigenvalue weighted by molar-refractivity contribution is 0.102. The number of pyridine rings is 2. The van der Waals surface area contributed by atoms with Gasteiger partial charge in [0.1, 0.15) is 18.0 Å². The number of nitrogens with one attached hydrogen (secondary N) is 3. The van der Waals surface area contributed by atoms with E-state index in [0.717, 1.165) is 10.9 Å². The van der Waals surface area contributed by atoms with Gasteiger partial charge in [-0.1, -0.05) is 29.8 Å². The highest BCUT2D eigenvalue weighted by atomic mass is 35.5. The van der Waals surface area contributed by atoms with Crippen LogP contribution in [0.2, 0.25) is 5.02 Å². The average molecular weight is 488 g/mol. The van der Waals surface area contributed by atoms with Gasteiger partial charge in [-0.25, -0.2) is 19.3 Å². The number of carbonyl (C=O) groups is 1. The van der Waals surface area contributed by atoms with Crippen molar-refractivity contribution in [3.05, 3.63) is 83.3 Å². The Morgan fingerprint density at radius 3 is 2.66 bits per heavy atom. The first kappa shape index (κ1) is 22.4. The monoisotopic (exact) mass is 487 g/mol. The summed E-state index contributed by atoms with van der Waals surface area (Å²) in [5, 5.41) is 11.1. The molecule has 0 aliphatic heterocycles. The van der Waals surface area contributed by atoms with Crippen molar-refractivity contribution in [1.82, 2.24) is 19.9 Å². The lowest BCUT2D eigenvalue weighted by Gasteiger charge is -2.15. The van der Waals surface area contributed by atoms with Crippen molar-refractivity contribution < 1.29 is 9.18 Å². The standard InChI is InChI=1S/C25H19ClFN7O/c1-13-6-7-15-14(8-9-30-24(15)33-19-5-3-4-18(26)20(19)27)21(13)34-25(35)17-11-29-10-16-22(17)31-12-32-23(16)28-2/h3-12H,1-2H3,(H,30,33)(H,34,35)(H,28,31,32). The summed E-state index contributed by atoms with van der Waals surface area (Å²) in [6.45, 7) is 1.89. The minimum atomic E-state index is -0.569. The lowest BCUT2D eigenvalue weighted by atomic mass is 10.0. The van der Waals surface area contributed by atoms with Gasteiger partial charge in [0.05, 0.1) is 32.9 Å². The van der Waals surface area contributed by atoms with E-state index in [2.05, 4.69) is 35.9 Å². The highest BCUT2D eigenvalue weighted by Gasteiger charge is 2.18. The van der Waals surface area contributed by atoms with Gasteiger partial charge in [0.25, 0.3) is 5.91 Å². The van der Waals surface area contributed by atoms with Crippen LogP contribution in [0.3, 0.4) is 0 Å². The number of nitrogens with zero attached hydrogens (tertiary/aromatic N) is 4. The van der Waals surface area contributed by atoms with Crippen LogP contribution in [0.15, 0.2) is 61.3 Å². The normalized spacial score (nSPS) is 11.0. The van der Waals surface area contributed by atoms with Gasteiger partial charge in [-0.3, -0.25) is 9.78 Å². The largest absolute Gasteiger partial charge is 0.372 e. The van der Waals surface area contributed by atoms with E-state index in [1.54, 1.807) is 37.6 Å². The van der Waals surface area contributed by atoms with Crippen LogP contribution in [0.4, 0.5) is 27.4 Å². The highest BCUT2D eigenvalue weighted by Crippen LogP contribution is 2.34. The van der Waals surface area contributed by atoms with Crippen molar-refractivity contribution in [3.63, 3.8) is 0 Å². The number of aryl methyl sites for hydroxylation is 1. The predicted octanol–water partition coefficient (Wildman–Crippen LogP) is 5.71. The first-order chi connectivity index (χ1) is 17.0. The summed E-state index contributed by atoms with van der Waals surface area (Å²) in [6, 6.07) is 10.2. The first-order valence-corrected chi connectivity index (χ1v) is 11.0. The molecule has 0 unspecified atom stereocenters. The molecule has 0 aliphatic carbocycles. The second kappa shape index (κ2) is 9.11. The quantitative estimate of drug-likeness (QED) is 0.291. The van der Waals surface area contributed by atoms with Gasteiger partial charge in [-0.2, -0.15) is 0 Å². The molecule has 2 aromatic carbocycles. The van der Waals surface area contributed by atoms with Crippen LogP contribution in [0.25, 0.3) is 21.7 Å². The maximum Gasteiger partial charge on any atom is 0.259 e. The smallest absolute Gasteiger partial charge is 0.259 e. The number of anilines is 4. The molecule has 0 fully saturated rings. The molecule has 0 saturated carbocycles. The van der Waals surface area contributed by atoms with Gasteiger partial charge in [-0.15, -0.1) is 0 Å². The van der Waals surface area contributed by atoms with Gasteiger partial charge in [-0.05, 0) is 30.7 Å². The molecule has 0 bridgehead atoms. The molecule has 3 heterocycles. The molecule has 35 heavy (non-hydrogen) atoms. The average Bonchev–Trinajstić information content (AvgIpc) is 2.87. The molecular weight excluding hydrogens is 469 g/mol. The Kier molecular flexibility index (Phi) is 5.84. The van der Waals surface area contributed by atoms with Crippen LogP contribution in [0.5, 0.6) is 0 Å². The molecule has 0 spiro atoms. The Balaban J connectivity index is 1.56. The fourth-order valence-corrected chi connectivity index (χ4v) is 4.06. The Morgan fingerprint density at radius 2 is 1.83 bits per heavy atom. The topological polar surface area (TPSA) is 105 Å². The molecule has 10 heteroatoms. The predicted molar refractivity (Wildman–Crippen MR) is 136 cm³/mol. The number of hydrogen-bond donors (Lipinski definition) is 3. The van der Waals surface area contributed by atoms with E-state index in [-0.39, 0.29) is 16.6 Å². The van der Waals surface area contributed by atoms with E-state index in [9.17, 15) is 9.18 Å². The molecule has 0 radical (unpaired) electrons. The van der Waals surface area contributed by atoms with Crippen LogP contribution in [0, 0.1) is 12.7 Å². The molecule has 0 aliphatic rings. The van der Waals surface area contributed by atoms with Crippen molar-refractivity contribution in [2.24, 2.45) is 0 Å². The van der Waals surface area contributed by atoms with Crippen LogP contribution < -0.4 is 16.0 Å². The van der Waals surface area contributed by atoms with Crippen molar-refractivity contribution in [2.45, 2.75) is 6.92 Å². The number of carbonyl (C=O) groups excluding carboxylic acids is 1. The second-order valence-electron chi connectivity index (χ2n) is 7.75. The number of hydrogen-bond acceptors (Lipinski definition) is 7. The van der Waals surface area contributed by atoms with Gasteiger partial charge < -0.3 is 16.0 Å². The third-order valence-corrected chi connectivity index (χ3v) is 5.92. The van der Waals surface area contributed by atoms with E-state index in [4.69, 9.17) is 11.6 Å². The number of amides is 1. The van der Waals surface area contributed by atoms with Gasteiger partial charge in [0, 0.05) is 36.4 Å². The zero-order chi connectivity index (χ0) is 24.5. The summed E-state index contributed by atoms with van der Waals surface area (Å²) in [7, 11) is 1.74. The lowest BCUT2D eigenvalue weighted by Crippen LogP contribution is -2.15. The number of rotatable bonds is 5. The zero-order valence-electron chi connectivity index (χ0n) is 18.7. The Labute approximate surface area is 204 Å². The maximum absolute atomic E-state index is 14.5. The summed E-state index contributed by atoms with van der Waals surface area (Å²) < 4.78 is 14.5. The van der Waals surface area contributed by atoms with Crippen molar-refractivity contribution in [3.8, 4) is 0 Å². The molecule has 5 aromatic rings. The Bertz CT molecular complexity index is 1610. The minimum Gasteiger partial charge on any atom is -0.372 e. The number of halogens is 2. The zero-order valence-corrected chi connectivity index (χ0v) is 19.5. The first-order valence-electron chi connectivity index (χ1n) is 10.6. The van der Waals surface area contributed by atoms with E-state index >= 15 is 0 Å². The van der Waals surface area contributed by atoms with Crippen molar-refractivity contribution in [2.75, 3.05) is 23.0 Å². The van der Waals surface area contributed by atoms with Gasteiger partial charge in [0.15, 0.2) is 5.82 Å². The van der Waals surface area contributed by atoms with Crippen molar-refractivity contribution in [1.29, 1.82) is 0 Å². The molecule has 1 amide bonds. The van der Waals surface area contributed by atoms with Crippen LogP contribution in [-0.2, 0) is 0 Å². The third-order valence-electron chi connectivity index (χ3n) is 5.62. The highest BCUT2D eigenvalue weighted by molar-refractivity contribution is 6.31. The Hall–Kier alpha value is -4.37. The molecule has 5 rings (SSSR count). The molecule has 0 atom stereocenters. The SMILES string of the molecule is CNc1ncnc2c(C(=O)Nc3c(C)ccc4c(Nc5cccc(Cl)c5F)nccc34)cncc12. The van der Waals surface area contributed by atoms with E-state index in [1.807, 2.05) is 19.1 Å². The number of aromatic nitrogens is 4. The summed E-state index contributed by atoms with van der Waals surface area (Å²) in [6.07, 6.45) is 6.07. The fourth-order valence-electron chi connectivity index (χ4n) is 3.88.